The van der Waals surface area contributed by atoms with Crippen molar-refractivity contribution in [2.45, 2.75) is 6.42 Å². The van der Waals surface area contributed by atoms with Crippen LogP contribution in [0.4, 0.5) is 0 Å². The molecule has 6 heteroatoms. The Hall–Kier alpha value is -1.26. The molecule has 16 heavy (non-hydrogen) atoms. The van der Waals surface area contributed by atoms with Gasteiger partial charge in [-0.15, -0.1) is 0 Å². The van der Waals surface area contributed by atoms with Crippen LogP contribution < -0.4 is 0 Å². The second kappa shape index (κ2) is 5.18. The molecule has 0 unspecified atom stereocenters. The van der Waals surface area contributed by atoms with Crippen molar-refractivity contribution in [2.24, 2.45) is 0 Å². The van der Waals surface area contributed by atoms with Gasteiger partial charge in [0.1, 0.15) is 5.71 Å². The van der Waals surface area contributed by atoms with Crippen molar-refractivity contribution in [1.29, 1.82) is 5.41 Å². The molecule has 4 nitrogen and oxygen atoms in total. The first kappa shape index (κ1) is 12.8. The van der Waals surface area contributed by atoms with Crippen LogP contribution in [0.3, 0.4) is 0 Å². The van der Waals surface area contributed by atoms with Crippen molar-refractivity contribution in [1.82, 2.24) is 0 Å². The van der Waals surface area contributed by atoms with E-state index in [-0.39, 0.29) is 27.9 Å². The second-order valence-corrected chi connectivity index (χ2v) is 3.87. The van der Waals surface area contributed by atoms with Crippen LogP contribution in [0.2, 0.25) is 10.0 Å². The molecule has 0 bridgehead atoms. The van der Waals surface area contributed by atoms with Crippen LogP contribution in [0.15, 0.2) is 12.1 Å². The molecule has 0 saturated carbocycles. The summed E-state index contributed by atoms with van der Waals surface area (Å²) in [5.41, 5.74) is 0.350. The van der Waals surface area contributed by atoms with Crippen molar-refractivity contribution in [3.05, 3.63) is 27.7 Å². The first-order chi connectivity index (χ1) is 7.45. The smallest absolute Gasteiger partial charge is 0.352 e. The average molecular weight is 262 g/mol. The lowest BCUT2D eigenvalue weighted by molar-refractivity contribution is -0.132. The van der Waals surface area contributed by atoms with Crippen molar-refractivity contribution in [3.8, 4) is 5.75 Å². The number of aromatic hydroxyl groups is 1. The lowest BCUT2D eigenvalue weighted by Gasteiger charge is -2.05. The third-order valence-electron chi connectivity index (χ3n) is 1.89. The Morgan fingerprint density at radius 1 is 1.44 bits per heavy atom. The molecule has 1 aromatic rings. The van der Waals surface area contributed by atoms with Gasteiger partial charge in [0.15, 0.2) is 5.75 Å². The van der Waals surface area contributed by atoms with Gasteiger partial charge in [0.2, 0.25) is 0 Å². The molecule has 0 aliphatic rings. The molecular weight excluding hydrogens is 253 g/mol. The summed E-state index contributed by atoms with van der Waals surface area (Å²) >= 11 is 11.4. The monoisotopic (exact) mass is 261 g/mol. The highest BCUT2D eigenvalue weighted by molar-refractivity contribution is 6.38. The molecule has 86 valence electrons. The minimum absolute atomic E-state index is 0.0480. The van der Waals surface area contributed by atoms with Crippen LogP contribution >= 0.6 is 23.2 Å². The Labute approximate surface area is 102 Å². The summed E-state index contributed by atoms with van der Waals surface area (Å²) < 4.78 is 4.39. The number of esters is 1. The zero-order valence-electron chi connectivity index (χ0n) is 8.38. The Balaban J connectivity index is 2.91. The van der Waals surface area contributed by atoms with Gasteiger partial charge in [-0.2, -0.15) is 0 Å². The summed E-state index contributed by atoms with van der Waals surface area (Å²) in [7, 11) is 1.20. The molecule has 2 N–H and O–H groups in total. The molecule has 0 aliphatic carbocycles. The molecule has 0 aromatic heterocycles. The summed E-state index contributed by atoms with van der Waals surface area (Å²) in [5.74, 6) is -0.919. The number of phenols is 1. The van der Waals surface area contributed by atoms with Gasteiger partial charge in [0, 0.05) is 6.42 Å². The number of hydrogen-bond acceptors (Lipinski definition) is 4. The molecule has 0 amide bonds. The van der Waals surface area contributed by atoms with Crippen LogP contribution in [0.25, 0.3) is 0 Å². The van der Waals surface area contributed by atoms with Crippen molar-refractivity contribution in [3.63, 3.8) is 0 Å². The second-order valence-electron chi connectivity index (χ2n) is 3.05. The number of phenolic OH excluding ortho intramolecular Hbond substituents is 1. The largest absolute Gasteiger partial charge is 0.505 e. The molecule has 0 aliphatic heterocycles. The number of rotatable bonds is 3. The lowest BCUT2D eigenvalue weighted by atomic mass is 10.1. The van der Waals surface area contributed by atoms with E-state index in [1.165, 1.54) is 19.2 Å². The fourth-order valence-corrected chi connectivity index (χ4v) is 1.65. The Morgan fingerprint density at radius 2 is 1.94 bits per heavy atom. The van der Waals surface area contributed by atoms with Gasteiger partial charge >= 0.3 is 5.97 Å². The number of methoxy groups -OCH3 is 1. The van der Waals surface area contributed by atoms with Crippen LogP contribution in [0.1, 0.15) is 5.56 Å². The molecule has 0 spiro atoms. The van der Waals surface area contributed by atoms with E-state index in [1.807, 2.05) is 0 Å². The SMILES string of the molecule is COC(=O)C(=N)Cc1cc(Cl)c(O)c(Cl)c1. The van der Waals surface area contributed by atoms with Crippen LogP contribution in [-0.4, -0.2) is 23.9 Å². The first-order valence-electron chi connectivity index (χ1n) is 4.28. The zero-order chi connectivity index (χ0) is 12.3. The lowest BCUT2D eigenvalue weighted by Crippen LogP contribution is -2.16. The van der Waals surface area contributed by atoms with Gasteiger partial charge in [-0.1, -0.05) is 23.2 Å². The fourth-order valence-electron chi connectivity index (χ4n) is 1.12. The number of halogens is 2. The maximum Gasteiger partial charge on any atom is 0.352 e. The average Bonchev–Trinajstić information content (AvgIpc) is 2.24. The topological polar surface area (TPSA) is 70.4 Å². The van der Waals surface area contributed by atoms with Gasteiger partial charge in [0.05, 0.1) is 17.2 Å². The van der Waals surface area contributed by atoms with E-state index in [1.54, 1.807) is 0 Å². The van der Waals surface area contributed by atoms with Crippen molar-refractivity contribution < 1.29 is 14.6 Å². The highest BCUT2D eigenvalue weighted by Gasteiger charge is 2.13. The number of hydrogen-bond donors (Lipinski definition) is 2. The van der Waals surface area contributed by atoms with Crippen molar-refractivity contribution >= 4 is 34.9 Å². The molecule has 0 saturated heterocycles. The molecule has 0 fully saturated rings. The van der Waals surface area contributed by atoms with Crippen LogP contribution in [-0.2, 0) is 16.0 Å². The van der Waals surface area contributed by atoms with E-state index in [4.69, 9.17) is 28.6 Å². The Kier molecular flexibility index (Phi) is 4.15. The number of benzene rings is 1. The third kappa shape index (κ3) is 2.87. The van der Waals surface area contributed by atoms with Crippen molar-refractivity contribution in [2.75, 3.05) is 7.11 Å². The zero-order valence-corrected chi connectivity index (χ0v) is 9.89. The van der Waals surface area contributed by atoms with Gasteiger partial charge in [-0.3, -0.25) is 5.41 Å². The van der Waals surface area contributed by atoms with Gasteiger partial charge in [0.25, 0.3) is 0 Å². The highest BCUT2D eigenvalue weighted by atomic mass is 35.5. The molecule has 0 heterocycles. The first-order valence-corrected chi connectivity index (χ1v) is 5.04. The summed E-state index contributed by atoms with van der Waals surface area (Å²) in [4.78, 5) is 11.0. The summed E-state index contributed by atoms with van der Waals surface area (Å²) in [6.45, 7) is 0. The minimum atomic E-state index is -0.708. The fraction of sp³-hybridized carbons (Fsp3) is 0.200. The molecule has 0 atom stereocenters. The van der Waals surface area contributed by atoms with E-state index in [0.717, 1.165) is 0 Å². The van der Waals surface area contributed by atoms with E-state index >= 15 is 0 Å². The number of nitrogens with one attached hydrogen (secondary N) is 1. The molecule has 1 rings (SSSR count). The van der Waals surface area contributed by atoms with E-state index in [9.17, 15) is 9.90 Å². The Morgan fingerprint density at radius 3 is 2.38 bits per heavy atom. The summed E-state index contributed by atoms with van der Waals surface area (Å²) in [6, 6.07) is 2.89. The normalized spacial score (nSPS) is 9.94. The third-order valence-corrected chi connectivity index (χ3v) is 2.47. The van der Waals surface area contributed by atoms with E-state index in [2.05, 4.69) is 4.74 Å². The molecule has 1 aromatic carbocycles. The predicted molar refractivity (Wildman–Crippen MR) is 61.6 cm³/mol. The van der Waals surface area contributed by atoms with Crippen LogP contribution in [0.5, 0.6) is 5.75 Å². The van der Waals surface area contributed by atoms with Gasteiger partial charge in [-0.05, 0) is 17.7 Å². The number of ether oxygens (including phenoxy) is 1. The molecular formula is C10H9Cl2NO3. The van der Waals surface area contributed by atoms with Gasteiger partial charge < -0.3 is 9.84 Å². The van der Waals surface area contributed by atoms with E-state index < -0.39 is 5.97 Å². The van der Waals surface area contributed by atoms with Crippen LogP contribution in [0, 0.1) is 5.41 Å². The molecule has 0 radical (unpaired) electrons. The predicted octanol–water partition coefficient (Wildman–Crippen LogP) is 2.43. The maximum absolute atomic E-state index is 11.0. The number of carbonyl (C=O) groups is 1. The van der Waals surface area contributed by atoms with Gasteiger partial charge in [-0.25, -0.2) is 4.79 Å². The standard InChI is InChI=1S/C10H9Cl2NO3/c1-16-10(15)8(13)4-5-2-6(11)9(14)7(12)3-5/h2-3,13-14H,4H2,1H3. The highest BCUT2D eigenvalue weighted by Crippen LogP contribution is 2.32. The quantitative estimate of drug-likeness (QED) is 0.649. The summed E-state index contributed by atoms with van der Waals surface area (Å²) in [5, 5.41) is 16.9. The summed E-state index contributed by atoms with van der Waals surface area (Å²) in [6.07, 6.45) is 0.0480. The number of carbonyl (C=O) groups excluding carboxylic acids is 1. The minimum Gasteiger partial charge on any atom is -0.505 e. The maximum atomic E-state index is 11.0. The van der Waals surface area contributed by atoms with E-state index in [0.29, 0.717) is 5.56 Å². The Bertz CT molecular complexity index is 423.